The van der Waals surface area contributed by atoms with E-state index < -0.39 is 57.6 Å². The largest absolute Gasteiger partial charge is 0.506 e. The molecule has 0 radical (unpaired) electrons. The molecule has 5 N–H and O–H groups in total. The number of ether oxygens (including phenoxy) is 3. The molecule has 92 heavy (non-hydrogen) atoms. The zero-order chi connectivity index (χ0) is 66.3. The fourth-order valence-corrected chi connectivity index (χ4v) is 10.5. The highest BCUT2D eigenvalue weighted by atomic mass is 19.1. The van der Waals surface area contributed by atoms with Crippen molar-refractivity contribution in [2.24, 2.45) is 5.73 Å². The van der Waals surface area contributed by atoms with Crippen LogP contribution in [0.1, 0.15) is 129 Å². The monoisotopic (exact) mass is 1270 g/mol. The Morgan fingerprint density at radius 1 is 0.500 bits per heavy atom. The summed E-state index contributed by atoms with van der Waals surface area (Å²) < 4.78 is 62.0. The second kappa shape index (κ2) is 34.2. The summed E-state index contributed by atoms with van der Waals surface area (Å²) >= 11 is 0. The Bertz CT molecular complexity index is 4220. The van der Waals surface area contributed by atoms with Gasteiger partial charge in [-0.3, -0.25) is 28.5 Å². The van der Waals surface area contributed by atoms with Gasteiger partial charge >= 0.3 is 29.3 Å². The minimum atomic E-state index is -0.872. The van der Waals surface area contributed by atoms with Gasteiger partial charge in [0, 0.05) is 22.9 Å². The molecule has 0 spiro atoms. The average Bonchev–Trinajstić information content (AvgIpc) is 0.778. The number of rotatable bonds is 14. The third-order valence-electron chi connectivity index (χ3n) is 15.1. The van der Waals surface area contributed by atoms with Gasteiger partial charge in [-0.25, -0.2) is 27.6 Å². The minimum Gasteiger partial charge on any atom is -0.506 e. The summed E-state index contributed by atoms with van der Waals surface area (Å²) in [6.45, 7) is 6.16. The predicted molar refractivity (Wildman–Crippen MR) is 342 cm³/mol. The number of carbonyl (C=O) groups is 4. The number of hydrogen-bond donors (Lipinski definition) is 4. The third-order valence-corrected chi connectivity index (χ3v) is 15.1. The molecule has 484 valence electrons. The zero-order valence-corrected chi connectivity index (χ0v) is 51.4. The van der Waals surface area contributed by atoms with Crippen molar-refractivity contribution in [1.29, 1.82) is 0 Å². The van der Waals surface area contributed by atoms with Crippen molar-refractivity contribution in [3.63, 3.8) is 0 Å². The minimum absolute atomic E-state index is 0.0204. The summed E-state index contributed by atoms with van der Waals surface area (Å²) in [6.07, 6.45) is 11.4. The van der Waals surface area contributed by atoms with Crippen molar-refractivity contribution in [3.8, 4) is 11.5 Å². The summed E-state index contributed by atoms with van der Waals surface area (Å²) in [4.78, 5) is 95.8. The second-order valence-corrected chi connectivity index (χ2v) is 21.6. The Hall–Kier alpha value is -10.1. The first kappa shape index (κ1) is 69.4. The lowest BCUT2D eigenvalue weighted by Crippen LogP contribution is -2.40. The normalized spacial score (nSPS) is 12.9. The molecule has 3 heterocycles. The molecule has 0 unspecified atom stereocenters. The fourth-order valence-electron chi connectivity index (χ4n) is 10.5. The fraction of sp³-hybridized carbons (Fsp3) is 0.314. The van der Waals surface area contributed by atoms with Crippen LogP contribution in [0, 0.1) is 17.5 Å². The number of hydrogen-bond acceptors (Lipinski definition) is 15. The number of pyridine rings is 2. The third kappa shape index (κ3) is 19.0. The van der Waals surface area contributed by atoms with E-state index in [1.807, 2.05) is 0 Å². The molecule has 3 aromatic heterocycles. The van der Waals surface area contributed by atoms with Crippen LogP contribution in [-0.2, 0) is 43.4 Å². The Labute approximate surface area is 527 Å². The van der Waals surface area contributed by atoms with Crippen molar-refractivity contribution >= 4 is 56.5 Å². The van der Waals surface area contributed by atoms with Gasteiger partial charge in [-0.2, -0.15) is 0 Å². The van der Waals surface area contributed by atoms with Gasteiger partial charge in [0.2, 0.25) is 0 Å². The van der Waals surface area contributed by atoms with Crippen LogP contribution in [0.25, 0.3) is 32.7 Å². The number of nitrogens with two attached hydrogens (primary N) is 1. The maximum atomic E-state index is 13.2. The molecule has 0 bridgehead atoms. The highest BCUT2D eigenvalue weighted by Gasteiger charge is 2.26. The quantitative estimate of drug-likeness (QED) is 0.0448. The van der Waals surface area contributed by atoms with E-state index in [2.05, 4.69) is 14.8 Å². The van der Waals surface area contributed by atoms with Crippen molar-refractivity contribution in [1.82, 2.24) is 19.0 Å². The summed E-state index contributed by atoms with van der Waals surface area (Å²) in [5.74, 6) is -4.98. The van der Waals surface area contributed by atoms with E-state index >= 15 is 0 Å². The molecule has 1 amide bonds. The molecule has 0 aliphatic heterocycles. The standard InChI is InChI=1S/C23H23FN2O3.C19H16FNO4.C15H10FNO3.C7H12O4.C6H13N/c24-16-12-10-15(11-13-16)14-26-19-9-5-4-8-18(19)21(27)20(23(26)29)22(28)25-17-6-2-1-3-7-17;1-2-25-19(24)16-17(22)14-5-3-4-6-15(14)21(18(16)23)11-12-7-9-13(20)10-8-12;16-11-7-5-10(6-8-11)9-17-13-4-2-1-3-12(13)14(18)20-15(17)19;1-3-10-6(8)5-7(9)11-4-2;7-6-4-2-1-3-5-6/h4-5,8-13,17,27H,1-3,6-7,14H2,(H,25,28);3-10,22H,2,11H2,1H3;1-8H,9H2;3-5H2,1-2H3;6H,1-5,7H2. The highest BCUT2D eigenvalue weighted by Crippen LogP contribution is 2.29. The van der Waals surface area contributed by atoms with E-state index in [1.165, 1.54) is 82.2 Å². The van der Waals surface area contributed by atoms with Crippen molar-refractivity contribution < 1.29 is 61.2 Å². The number of halogens is 3. The molecule has 22 heteroatoms. The van der Waals surface area contributed by atoms with Crippen LogP contribution in [0.15, 0.2) is 169 Å². The topological polar surface area (TPSA) is 271 Å². The number of aromatic hydroxyl groups is 2. The first-order chi connectivity index (χ1) is 44.3. The molecule has 9 aromatic rings. The maximum absolute atomic E-state index is 13.2. The smallest absolute Gasteiger partial charge is 0.422 e. The summed E-state index contributed by atoms with van der Waals surface area (Å²) in [6, 6.07) is 38.3. The molecule has 2 aliphatic rings. The first-order valence-corrected chi connectivity index (χ1v) is 30.4. The van der Waals surface area contributed by atoms with Gasteiger partial charge in [0.1, 0.15) is 40.9 Å². The number of fused-ring (bicyclic) bond motifs is 3. The molecule has 0 atom stereocenters. The Morgan fingerprint density at radius 3 is 1.28 bits per heavy atom. The number of amides is 1. The lowest BCUT2D eigenvalue weighted by atomic mass is 9.95. The van der Waals surface area contributed by atoms with Gasteiger partial charge in [0.25, 0.3) is 17.0 Å². The number of benzene rings is 6. The molecule has 11 rings (SSSR count). The van der Waals surface area contributed by atoms with E-state index in [9.17, 15) is 61.7 Å². The van der Waals surface area contributed by atoms with Crippen LogP contribution in [0.5, 0.6) is 11.5 Å². The van der Waals surface area contributed by atoms with Crippen molar-refractivity contribution in [2.75, 3.05) is 19.8 Å². The van der Waals surface area contributed by atoms with Crippen molar-refractivity contribution in [2.45, 2.75) is 123 Å². The Kier molecular flexibility index (Phi) is 25.8. The number of esters is 3. The Morgan fingerprint density at radius 2 is 0.870 bits per heavy atom. The van der Waals surface area contributed by atoms with Gasteiger partial charge in [0.15, 0.2) is 5.56 Å². The molecule has 0 saturated heterocycles. The van der Waals surface area contributed by atoms with Gasteiger partial charge in [-0.05, 0) is 136 Å². The van der Waals surface area contributed by atoms with Crippen LogP contribution < -0.4 is 33.6 Å². The van der Waals surface area contributed by atoms with E-state index in [-0.39, 0.29) is 80.7 Å². The molecule has 2 saturated carbocycles. The molecular weight excluding hydrogens is 1190 g/mol. The van der Waals surface area contributed by atoms with Crippen molar-refractivity contribution in [3.05, 3.63) is 233 Å². The molecule has 2 aliphatic carbocycles. The van der Waals surface area contributed by atoms with Crippen LogP contribution in [-0.4, -0.2) is 79.6 Å². The predicted octanol–water partition coefficient (Wildman–Crippen LogP) is 11.0. The van der Waals surface area contributed by atoms with E-state index in [4.69, 9.17) is 14.9 Å². The van der Waals surface area contributed by atoms with Gasteiger partial charge in [-0.1, -0.05) is 111 Å². The van der Waals surface area contributed by atoms with Gasteiger partial charge < -0.3 is 49.0 Å². The van der Waals surface area contributed by atoms with Gasteiger partial charge in [0.05, 0.1) is 61.4 Å². The summed E-state index contributed by atoms with van der Waals surface area (Å²) in [5, 5.41) is 25.2. The Balaban J connectivity index is 0.000000174. The maximum Gasteiger partial charge on any atom is 0.422 e. The molecule has 2 fully saturated rings. The van der Waals surface area contributed by atoms with E-state index in [0.717, 1.165) is 43.2 Å². The SMILES string of the molecule is CCOC(=O)CC(=O)OCC.CCOC(=O)c1c(O)c2ccccc2n(Cc2ccc(F)cc2)c1=O.NC1CCCCC1.O=C(NC1CCCCC1)c1c(O)c2ccccc2n(Cc2ccc(F)cc2)c1=O.O=c1oc(=O)n(Cc2ccc(F)cc2)c2ccccc12. The van der Waals surface area contributed by atoms with E-state index in [1.54, 1.807) is 130 Å². The second-order valence-electron chi connectivity index (χ2n) is 21.6. The molecule has 6 aromatic carbocycles. The van der Waals surface area contributed by atoms with Crippen LogP contribution in [0.4, 0.5) is 13.2 Å². The molecule has 19 nitrogen and oxygen atoms in total. The van der Waals surface area contributed by atoms with Crippen LogP contribution in [0.3, 0.4) is 0 Å². The lowest BCUT2D eigenvalue weighted by molar-refractivity contribution is -0.153. The van der Waals surface area contributed by atoms with Crippen LogP contribution >= 0.6 is 0 Å². The van der Waals surface area contributed by atoms with Gasteiger partial charge in [-0.15, -0.1) is 0 Å². The number of para-hydroxylation sites is 3. The van der Waals surface area contributed by atoms with E-state index in [0.29, 0.717) is 44.3 Å². The number of nitrogens with zero attached hydrogens (tertiary/aromatic N) is 3. The number of carbonyl (C=O) groups excluding carboxylic acids is 4. The number of nitrogens with one attached hydrogen (secondary N) is 1. The number of aromatic nitrogens is 3. The average molecular weight is 1270 g/mol. The van der Waals surface area contributed by atoms with Crippen LogP contribution in [0.2, 0.25) is 0 Å². The first-order valence-electron chi connectivity index (χ1n) is 30.4. The highest BCUT2D eigenvalue weighted by molar-refractivity contribution is 6.02. The summed E-state index contributed by atoms with van der Waals surface area (Å²) in [5.41, 5.74) is 6.78. The molecular formula is C70H74F3N5O14. The zero-order valence-electron chi connectivity index (χ0n) is 51.4. The lowest BCUT2D eigenvalue weighted by Gasteiger charge is -2.23. The summed E-state index contributed by atoms with van der Waals surface area (Å²) in [7, 11) is 0.